The van der Waals surface area contributed by atoms with Crippen molar-refractivity contribution in [2.24, 2.45) is 0 Å². The number of rotatable bonds is 2. The van der Waals surface area contributed by atoms with Crippen molar-refractivity contribution in [2.75, 3.05) is 0 Å². The molecule has 0 radical (unpaired) electrons. The number of ether oxygens (including phenoxy) is 2. The van der Waals surface area contributed by atoms with Crippen LogP contribution in [0.1, 0.15) is 5.56 Å². The van der Waals surface area contributed by atoms with Crippen LogP contribution in [-0.4, -0.2) is 6.10 Å². The average Bonchev–Trinajstić information content (AvgIpc) is 2.41. The predicted molar refractivity (Wildman–Crippen MR) is 70.8 cm³/mol. The topological polar surface area (TPSA) is 18.5 Å². The lowest BCUT2D eigenvalue weighted by atomic mass is 10.1. The first-order valence-electron chi connectivity index (χ1n) is 5.99. The SMILES string of the molecule is C=C1Oc2ccccc2OC1Cc1ccccc1. The Balaban J connectivity index is 1.81. The second-order valence-corrected chi connectivity index (χ2v) is 4.31. The van der Waals surface area contributed by atoms with Gasteiger partial charge in [0.2, 0.25) is 0 Å². The van der Waals surface area contributed by atoms with Crippen LogP contribution in [0.25, 0.3) is 0 Å². The van der Waals surface area contributed by atoms with Crippen molar-refractivity contribution in [1.82, 2.24) is 0 Å². The lowest BCUT2D eigenvalue weighted by Crippen LogP contribution is -2.28. The molecule has 0 saturated carbocycles. The van der Waals surface area contributed by atoms with Gasteiger partial charge in [-0.15, -0.1) is 0 Å². The summed E-state index contributed by atoms with van der Waals surface area (Å²) in [5.74, 6) is 2.19. The fourth-order valence-electron chi connectivity index (χ4n) is 2.04. The smallest absolute Gasteiger partial charge is 0.169 e. The Kier molecular flexibility index (Phi) is 2.77. The third-order valence-electron chi connectivity index (χ3n) is 2.98. The van der Waals surface area contributed by atoms with Crippen LogP contribution in [0, 0.1) is 0 Å². The van der Waals surface area contributed by atoms with Crippen molar-refractivity contribution < 1.29 is 9.47 Å². The standard InChI is InChI=1S/C16H14O2/c1-12-16(11-13-7-3-2-4-8-13)18-15-10-6-5-9-14(15)17-12/h2-10,16H,1,11H2. The molecule has 0 spiro atoms. The largest absolute Gasteiger partial charge is 0.478 e. The minimum Gasteiger partial charge on any atom is -0.478 e. The van der Waals surface area contributed by atoms with Gasteiger partial charge in [-0.1, -0.05) is 49.0 Å². The summed E-state index contributed by atoms with van der Waals surface area (Å²) in [5.41, 5.74) is 1.21. The van der Waals surface area contributed by atoms with E-state index >= 15 is 0 Å². The highest BCUT2D eigenvalue weighted by atomic mass is 16.6. The van der Waals surface area contributed by atoms with Crippen molar-refractivity contribution in [3.8, 4) is 11.5 Å². The van der Waals surface area contributed by atoms with Crippen LogP contribution < -0.4 is 9.47 Å². The summed E-state index contributed by atoms with van der Waals surface area (Å²) in [7, 11) is 0. The summed E-state index contributed by atoms with van der Waals surface area (Å²) in [6.45, 7) is 3.94. The van der Waals surface area contributed by atoms with Gasteiger partial charge in [-0.3, -0.25) is 0 Å². The van der Waals surface area contributed by atoms with Gasteiger partial charge in [0.15, 0.2) is 17.6 Å². The van der Waals surface area contributed by atoms with Crippen LogP contribution in [0.2, 0.25) is 0 Å². The molecule has 2 aromatic carbocycles. The van der Waals surface area contributed by atoms with E-state index in [-0.39, 0.29) is 6.10 Å². The van der Waals surface area contributed by atoms with Crippen LogP contribution in [0.3, 0.4) is 0 Å². The van der Waals surface area contributed by atoms with Crippen LogP contribution >= 0.6 is 0 Å². The summed E-state index contributed by atoms with van der Waals surface area (Å²) in [5, 5.41) is 0. The molecule has 18 heavy (non-hydrogen) atoms. The molecule has 0 aliphatic carbocycles. The minimum absolute atomic E-state index is 0.123. The van der Waals surface area contributed by atoms with Gasteiger partial charge in [-0.05, 0) is 17.7 Å². The highest BCUT2D eigenvalue weighted by Gasteiger charge is 2.24. The van der Waals surface area contributed by atoms with Crippen LogP contribution in [0.15, 0.2) is 66.9 Å². The van der Waals surface area contributed by atoms with Gasteiger partial charge in [0.05, 0.1) is 0 Å². The predicted octanol–water partition coefficient (Wildman–Crippen LogP) is 3.58. The summed E-state index contributed by atoms with van der Waals surface area (Å²) in [6.07, 6.45) is 0.649. The van der Waals surface area contributed by atoms with E-state index in [1.165, 1.54) is 5.56 Å². The Bertz CT molecular complexity index is 560. The molecule has 2 aromatic rings. The molecule has 2 heteroatoms. The van der Waals surface area contributed by atoms with E-state index in [9.17, 15) is 0 Å². The number of para-hydroxylation sites is 2. The quantitative estimate of drug-likeness (QED) is 0.796. The molecule has 1 unspecified atom stereocenters. The van der Waals surface area contributed by atoms with Crippen molar-refractivity contribution in [2.45, 2.75) is 12.5 Å². The maximum absolute atomic E-state index is 5.92. The zero-order chi connectivity index (χ0) is 12.4. The third-order valence-corrected chi connectivity index (χ3v) is 2.98. The lowest BCUT2D eigenvalue weighted by molar-refractivity contribution is 0.148. The summed E-state index contributed by atoms with van der Waals surface area (Å²) in [6, 6.07) is 17.9. The van der Waals surface area contributed by atoms with E-state index in [0.717, 1.165) is 17.9 Å². The van der Waals surface area contributed by atoms with E-state index in [2.05, 4.69) is 18.7 Å². The first-order chi connectivity index (χ1) is 8.83. The molecule has 2 nitrogen and oxygen atoms in total. The van der Waals surface area contributed by atoms with Gasteiger partial charge in [0, 0.05) is 6.42 Å². The molecule has 3 rings (SSSR count). The molecule has 0 saturated heterocycles. The first-order valence-corrected chi connectivity index (χ1v) is 5.99. The summed E-state index contributed by atoms with van der Waals surface area (Å²) >= 11 is 0. The fourth-order valence-corrected chi connectivity index (χ4v) is 2.04. The van der Waals surface area contributed by atoms with Gasteiger partial charge in [-0.2, -0.15) is 0 Å². The molecule has 0 bridgehead atoms. The first kappa shape index (κ1) is 10.9. The zero-order valence-electron chi connectivity index (χ0n) is 10.0. The summed E-state index contributed by atoms with van der Waals surface area (Å²) in [4.78, 5) is 0. The lowest BCUT2D eigenvalue weighted by Gasteiger charge is -2.28. The van der Waals surface area contributed by atoms with Gasteiger partial charge < -0.3 is 9.47 Å². The number of hydrogen-bond donors (Lipinski definition) is 0. The molecule has 0 aromatic heterocycles. The van der Waals surface area contributed by atoms with E-state index in [4.69, 9.17) is 9.47 Å². The van der Waals surface area contributed by atoms with Gasteiger partial charge in [0.1, 0.15) is 5.76 Å². The van der Waals surface area contributed by atoms with Crippen LogP contribution in [0.4, 0.5) is 0 Å². The van der Waals surface area contributed by atoms with Crippen LogP contribution in [0.5, 0.6) is 11.5 Å². The number of fused-ring (bicyclic) bond motifs is 1. The summed E-state index contributed by atoms with van der Waals surface area (Å²) < 4.78 is 11.6. The molecule has 0 fully saturated rings. The minimum atomic E-state index is -0.123. The Hall–Kier alpha value is -2.22. The number of benzene rings is 2. The molecule has 1 heterocycles. The van der Waals surface area contributed by atoms with Crippen molar-refractivity contribution in [1.29, 1.82) is 0 Å². The van der Waals surface area contributed by atoms with Gasteiger partial charge in [0.25, 0.3) is 0 Å². The molecule has 1 atom stereocenters. The van der Waals surface area contributed by atoms with Gasteiger partial charge >= 0.3 is 0 Å². The Morgan fingerprint density at radius 1 is 0.889 bits per heavy atom. The molecular formula is C16H14O2. The van der Waals surface area contributed by atoms with E-state index < -0.39 is 0 Å². The normalized spacial score (nSPS) is 17.6. The number of hydrogen-bond acceptors (Lipinski definition) is 2. The Labute approximate surface area is 106 Å². The van der Waals surface area contributed by atoms with Crippen molar-refractivity contribution in [3.05, 3.63) is 72.5 Å². The van der Waals surface area contributed by atoms with Gasteiger partial charge in [-0.25, -0.2) is 0 Å². The molecule has 1 aliphatic heterocycles. The molecule has 0 N–H and O–H groups in total. The molecular weight excluding hydrogens is 224 g/mol. The van der Waals surface area contributed by atoms with E-state index in [1.807, 2.05) is 42.5 Å². The van der Waals surface area contributed by atoms with Crippen LogP contribution in [-0.2, 0) is 6.42 Å². The third kappa shape index (κ3) is 2.09. The maximum Gasteiger partial charge on any atom is 0.169 e. The maximum atomic E-state index is 5.92. The van der Waals surface area contributed by atoms with Crippen molar-refractivity contribution in [3.63, 3.8) is 0 Å². The van der Waals surface area contributed by atoms with E-state index in [1.54, 1.807) is 0 Å². The zero-order valence-corrected chi connectivity index (χ0v) is 10.0. The Morgan fingerprint density at radius 3 is 2.33 bits per heavy atom. The van der Waals surface area contributed by atoms with Crippen molar-refractivity contribution >= 4 is 0 Å². The second-order valence-electron chi connectivity index (χ2n) is 4.31. The molecule has 90 valence electrons. The highest BCUT2D eigenvalue weighted by molar-refractivity contribution is 5.43. The monoisotopic (exact) mass is 238 g/mol. The van der Waals surface area contributed by atoms with E-state index in [0.29, 0.717) is 5.76 Å². The Morgan fingerprint density at radius 2 is 1.56 bits per heavy atom. The second kappa shape index (κ2) is 4.57. The average molecular weight is 238 g/mol. The molecule has 0 amide bonds. The highest BCUT2D eigenvalue weighted by Crippen LogP contribution is 2.35. The fraction of sp³-hybridized carbons (Fsp3) is 0.125. The molecule has 1 aliphatic rings.